The van der Waals surface area contributed by atoms with Crippen LogP contribution in [0.3, 0.4) is 0 Å². The van der Waals surface area contributed by atoms with Crippen molar-refractivity contribution in [1.82, 2.24) is 10.3 Å². The standard InChI is InChI=1S/C20H25N5O4/c1-29-11-8-21-17-6-5-16(12-18(17)25(27)28)20(26)23-14-15-4-7-19(22-13-15)24-9-2-3-10-24/h4-7,12-13,21H,2-3,8-11,14H2,1H3,(H,23,26). The molecule has 1 amide bonds. The number of nitrogens with zero attached hydrogens (tertiary/aromatic N) is 3. The first kappa shape index (κ1) is 20.5. The van der Waals surface area contributed by atoms with Gasteiger partial charge in [-0.25, -0.2) is 4.98 Å². The van der Waals surface area contributed by atoms with E-state index in [1.165, 1.54) is 25.0 Å². The van der Waals surface area contributed by atoms with E-state index in [1.807, 2.05) is 12.1 Å². The smallest absolute Gasteiger partial charge is 0.293 e. The molecule has 1 aliphatic heterocycles. The summed E-state index contributed by atoms with van der Waals surface area (Å²) in [5.41, 5.74) is 1.31. The summed E-state index contributed by atoms with van der Waals surface area (Å²) < 4.78 is 4.93. The quantitative estimate of drug-likeness (QED) is 0.379. The van der Waals surface area contributed by atoms with Crippen LogP contribution in [0, 0.1) is 10.1 Å². The van der Waals surface area contributed by atoms with Crippen molar-refractivity contribution in [3.05, 3.63) is 57.8 Å². The minimum absolute atomic E-state index is 0.148. The number of ether oxygens (including phenoxy) is 1. The number of pyridine rings is 1. The second kappa shape index (κ2) is 9.83. The fourth-order valence-corrected chi connectivity index (χ4v) is 3.20. The van der Waals surface area contributed by atoms with Crippen LogP contribution >= 0.6 is 0 Å². The van der Waals surface area contributed by atoms with Crippen molar-refractivity contribution in [2.45, 2.75) is 19.4 Å². The maximum atomic E-state index is 12.4. The number of nitro benzene ring substituents is 1. The maximum absolute atomic E-state index is 12.4. The lowest BCUT2D eigenvalue weighted by Crippen LogP contribution is -2.23. The first-order valence-electron chi connectivity index (χ1n) is 9.58. The average molecular weight is 399 g/mol. The predicted octanol–water partition coefficient (Wildman–Crippen LogP) is 2.58. The summed E-state index contributed by atoms with van der Waals surface area (Å²) in [7, 11) is 1.55. The molecule has 0 atom stereocenters. The minimum atomic E-state index is -0.507. The van der Waals surface area contributed by atoms with E-state index in [0.717, 1.165) is 24.5 Å². The molecule has 1 aromatic carbocycles. The molecular weight excluding hydrogens is 374 g/mol. The van der Waals surface area contributed by atoms with E-state index in [0.29, 0.717) is 25.4 Å². The van der Waals surface area contributed by atoms with Gasteiger partial charge in [-0.1, -0.05) is 6.07 Å². The molecular formula is C20H25N5O4. The first-order valence-corrected chi connectivity index (χ1v) is 9.58. The van der Waals surface area contributed by atoms with Crippen molar-refractivity contribution < 1.29 is 14.5 Å². The third-order valence-corrected chi connectivity index (χ3v) is 4.77. The van der Waals surface area contributed by atoms with Gasteiger partial charge in [0.15, 0.2) is 0 Å². The molecule has 3 rings (SSSR count). The monoisotopic (exact) mass is 399 g/mol. The second-order valence-electron chi connectivity index (χ2n) is 6.81. The summed E-state index contributed by atoms with van der Waals surface area (Å²) in [4.78, 5) is 30.0. The number of hydrogen-bond donors (Lipinski definition) is 2. The van der Waals surface area contributed by atoms with Gasteiger partial charge in [-0.2, -0.15) is 0 Å². The van der Waals surface area contributed by atoms with E-state index in [4.69, 9.17) is 4.74 Å². The van der Waals surface area contributed by atoms with Gasteiger partial charge < -0.3 is 20.3 Å². The minimum Gasteiger partial charge on any atom is -0.383 e. The van der Waals surface area contributed by atoms with Crippen LogP contribution in [0.25, 0.3) is 0 Å². The molecule has 2 heterocycles. The molecule has 0 aliphatic carbocycles. The molecule has 1 aliphatic rings. The zero-order valence-corrected chi connectivity index (χ0v) is 16.4. The molecule has 1 aromatic heterocycles. The highest BCUT2D eigenvalue weighted by Crippen LogP contribution is 2.25. The molecule has 29 heavy (non-hydrogen) atoms. The van der Waals surface area contributed by atoms with Crippen LogP contribution < -0.4 is 15.5 Å². The first-order chi connectivity index (χ1) is 14.1. The average Bonchev–Trinajstić information content (AvgIpc) is 3.27. The molecule has 0 radical (unpaired) electrons. The number of benzene rings is 1. The van der Waals surface area contributed by atoms with Gasteiger partial charge in [0, 0.05) is 51.1 Å². The van der Waals surface area contributed by atoms with Crippen LogP contribution in [-0.4, -0.2) is 49.2 Å². The Hall–Kier alpha value is -3.20. The van der Waals surface area contributed by atoms with Crippen LogP contribution in [0.1, 0.15) is 28.8 Å². The largest absolute Gasteiger partial charge is 0.383 e. The SMILES string of the molecule is COCCNc1ccc(C(=O)NCc2ccc(N3CCCC3)nc2)cc1[N+](=O)[O-]. The van der Waals surface area contributed by atoms with Gasteiger partial charge in [-0.05, 0) is 36.6 Å². The Morgan fingerprint density at radius 1 is 1.28 bits per heavy atom. The number of methoxy groups -OCH3 is 1. The van der Waals surface area contributed by atoms with E-state index < -0.39 is 4.92 Å². The van der Waals surface area contributed by atoms with E-state index in [2.05, 4.69) is 20.5 Å². The molecule has 1 fully saturated rings. The fourth-order valence-electron chi connectivity index (χ4n) is 3.20. The Morgan fingerprint density at radius 3 is 2.72 bits per heavy atom. The third kappa shape index (κ3) is 5.41. The molecule has 9 nitrogen and oxygen atoms in total. The lowest BCUT2D eigenvalue weighted by molar-refractivity contribution is -0.384. The van der Waals surface area contributed by atoms with Gasteiger partial charge in [0.2, 0.25) is 0 Å². The second-order valence-corrected chi connectivity index (χ2v) is 6.81. The molecule has 0 saturated carbocycles. The number of hydrogen-bond acceptors (Lipinski definition) is 7. The highest BCUT2D eigenvalue weighted by atomic mass is 16.6. The number of anilines is 2. The highest BCUT2D eigenvalue weighted by Gasteiger charge is 2.18. The summed E-state index contributed by atoms with van der Waals surface area (Å²) in [6.45, 7) is 3.21. The molecule has 9 heteroatoms. The lowest BCUT2D eigenvalue weighted by atomic mass is 10.1. The normalized spacial score (nSPS) is 13.3. The third-order valence-electron chi connectivity index (χ3n) is 4.77. The molecule has 1 saturated heterocycles. The van der Waals surface area contributed by atoms with E-state index >= 15 is 0 Å². The number of amides is 1. The van der Waals surface area contributed by atoms with Gasteiger partial charge >= 0.3 is 0 Å². The Kier molecular flexibility index (Phi) is 6.96. The highest BCUT2D eigenvalue weighted by molar-refractivity contribution is 5.95. The Morgan fingerprint density at radius 2 is 2.07 bits per heavy atom. The maximum Gasteiger partial charge on any atom is 0.293 e. The van der Waals surface area contributed by atoms with Gasteiger partial charge in [-0.15, -0.1) is 0 Å². The van der Waals surface area contributed by atoms with Crippen LogP contribution in [-0.2, 0) is 11.3 Å². The number of rotatable bonds is 9. The Labute approximate surface area is 169 Å². The Balaban J connectivity index is 1.61. The van der Waals surface area contributed by atoms with Crippen molar-refractivity contribution in [1.29, 1.82) is 0 Å². The topological polar surface area (TPSA) is 110 Å². The van der Waals surface area contributed by atoms with Crippen LogP contribution in [0.5, 0.6) is 0 Å². The lowest BCUT2D eigenvalue weighted by Gasteiger charge is -2.16. The zero-order valence-electron chi connectivity index (χ0n) is 16.4. The van der Waals surface area contributed by atoms with Crippen molar-refractivity contribution in [2.75, 3.05) is 43.6 Å². The summed E-state index contributed by atoms with van der Waals surface area (Å²) in [5, 5.41) is 17.1. The summed E-state index contributed by atoms with van der Waals surface area (Å²) >= 11 is 0. The number of carbonyl (C=O) groups is 1. The summed E-state index contributed by atoms with van der Waals surface area (Å²) in [6.07, 6.45) is 4.12. The Bertz CT molecular complexity index is 850. The molecule has 0 unspecified atom stereocenters. The molecule has 0 spiro atoms. The van der Waals surface area contributed by atoms with Crippen LogP contribution in [0.2, 0.25) is 0 Å². The van der Waals surface area contributed by atoms with Crippen molar-refractivity contribution in [2.24, 2.45) is 0 Å². The fraction of sp³-hybridized carbons (Fsp3) is 0.400. The number of nitrogens with one attached hydrogen (secondary N) is 2. The zero-order chi connectivity index (χ0) is 20.6. The summed E-state index contributed by atoms with van der Waals surface area (Å²) in [6, 6.07) is 8.27. The van der Waals surface area contributed by atoms with Gasteiger partial charge in [0.1, 0.15) is 11.5 Å². The van der Waals surface area contributed by atoms with Crippen molar-refractivity contribution in [3.8, 4) is 0 Å². The number of nitro groups is 1. The number of carbonyl (C=O) groups excluding carboxylic acids is 1. The van der Waals surface area contributed by atoms with Crippen molar-refractivity contribution in [3.63, 3.8) is 0 Å². The van der Waals surface area contributed by atoms with E-state index in [1.54, 1.807) is 19.4 Å². The van der Waals surface area contributed by atoms with Crippen molar-refractivity contribution >= 4 is 23.1 Å². The number of aromatic nitrogens is 1. The molecule has 154 valence electrons. The predicted molar refractivity (Wildman–Crippen MR) is 110 cm³/mol. The molecule has 0 bridgehead atoms. The van der Waals surface area contributed by atoms with E-state index in [9.17, 15) is 14.9 Å². The van der Waals surface area contributed by atoms with Gasteiger partial charge in [-0.3, -0.25) is 14.9 Å². The van der Waals surface area contributed by atoms with Gasteiger partial charge in [0.25, 0.3) is 11.6 Å². The van der Waals surface area contributed by atoms with Crippen LogP contribution in [0.15, 0.2) is 36.5 Å². The van der Waals surface area contributed by atoms with Gasteiger partial charge in [0.05, 0.1) is 11.5 Å². The molecule has 2 aromatic rings. The van der Waals surface area contributed by atoms with Crippen LogP contribution in [0.4, 0.5) is 17.2 Å². The summed E-state index contributed by atoms with van der Waals surface area (Å²) in [5.74, 6) is 0.574. The van der Waals surface area contributed by atoms with E-state index in [-0.39, 0.29) is 17.2 Å². The molecule has 2 N–H and O–H groups in total.